The van der Waals surface area contributed by atoms with Gasteiger partial charge in [-0.05, 0) is 45.3 Å². The Morgan fingerprint density at radius 3 is 3.00 bits per heavy atom. The molecule has 2 aliphatic heterocycles. The van der Waals surface area contributed by atoms with Gasteiger partial charge in [0.05, 0.1) is 5.69 Å². The maximum absolute atomic E-state index is 4.77. The lowest BCUT2D eigenvalue weighted by Crippen LogP contribution is -2.35. The molecule has 2 saturated heterocycles. The molecule has 0 amide bonds. The maximum Gasteiger partial charge on any atom is 0.107 e. The van der Waals surface area contributed by atoms with Crippen LogP contribution in [0.2, 0.25) is 0 Å². The minimum atomic E-state index is 0.803. The van der Waals surface area contributed by atoms with Crippen LogP contribution in [-0.2, 0) is 13.1 Å². The molecule has 1 atom stereocenters. The van der Waals surface area contributed by atoms with Crippen LogP contribution >= 0.6 is 11.3 Å². The first kappa shape index (κ1) is 15.4. The average molecular weight is 308 g/mol. The van der Waals surface area contributed by atoms with Crippen molar-refractivity contribution in [1.82, 2.24) is 20.1 Å². The van der Waals surface area contributed by atoms with Gasteiger partial charge in [0.1, 0.15) is 5.01 Å². The van der Waals surface area contributed by atoms with Crippen LogP contribution in [0, 0.1) is 0 Å². The van der Waals surface area contributed by atoms with E-state index in [2.05, 4.69) is 27.4 Å². The summed E-state index contributed by atoms with van der Waals surface area (Å²) in [7, 11) is 0. The molecular formula is C16H28N4S. The number of hydrogen-bond acceptors (Lipinski definition) is 5. The van der Waals surface area contributed by atoms with Crippen molar-refractivity contribution in [3.8, 4) is 0 Å². The van der Waals surface area contributed by atoms with Crippen molar-refractivity contribution in [2.75, 3.05) is 32.7 Å². The molecular weight excluding hydrogens is 280 g/mol. The molecule has 2 fully saturated rings. The first-order chi connectivity index (χ1) is 10.3. The number of nitrogens with one attached hydrogen (secondary N) is 1. The molecule has 21 heavy (non-hydrogen) atoms. The molecule has 1 N–H and O–H groups in total. The molecule has 0 bridgehead atoms. The van der Waals surface area contributed by atoms with Crippen LogP contribution in [0.1, 0.15) is 43.3 Å². The van der Waals surface area contributed by atoms with Crippen LogP contribution in [0.25, 0.3) is 0 Å². The van der Waals surface area contributed by atoms with Gasteiger partial charge in [0, 0.05) is 37.6 Å². The Kier molecular flexibility index (Phi) is 5.63. The lowest BCUT2D eigenvalue weighted by molar-refractivity contribution is 0.229. The Morgan fingerprint density at radius 2 is 2.19 bits per heavy atom. The minimum absolute atomic E-state index is 0.803. The fourth-order valence-electron chi connectivity index (χ4n) is 3.46. The summed E-state index contributed by atoms with van der Waals surface area (Å²) in [6, 6.07) is 0.803. The zero-order valence-corrected chi connectivity index (χ0v) is 14.0. The van der Waals surface area contributed by atoms with Crippen molar-refractivity contribution >= 4 is 11.3 Å². The molecule has 0 spiro atoms. The Bertz CT molecular complexity index is 428. The van der Waals surface area contributed by atoms with Gasteiger partial charge in [0.15, 0.2) is 0 Å². The average Bonchev–Trinajstić information content (AvgIpc) is 3.20. The predicted octanol–water partition coefficient (Wildman–Crippen LogP) is 2.31. The minimum Gasteiger partial charge on any atom is -0.310 e. The van der Waals surface area contributed by atoms with E-state index in [1.165, 1.54) is 62.6 Å². The summed E-state index contributed by atoms with van der Waals surface area (Å²) in [5, 5.41) is 6.90. The smallest absolute Gasteiger partial charge is 0.107 e. The highest BCUT2D eigenvalue weighted by molar-refractivity contribution is 7.09. The molecule has 4 nitrogen and oxygen atoms in total. The van der Waals surface area contributed by atoms with Crippen molar-refractivity contribution in [2.45, 2.75) is 51.7 Å². The van der Waals surface area contributed by atoms with Crippen molar-refractivity contribution in [3.05, 3.63) is 16.1 Å². The molecule has 1 aromatic heterocycles. The van der Waals surface area contributed by atoms with Crippen LogP contribution in [-0.4, -0.2) is 53.5 Å². The second-order valence-electron chi connectivity index (χ2n) is 6.33. The third-order valence-corrected chi connectivity index (χ3v) is 5.49. The molecule has 0 aromatic carbocycles. The number of thiazole rings is 1. The lowest BCUT2D eigenvalue weighted by Gasteiger charge is -2.23. The van der Waals surface area contributed by atoms with Gasteiger partial charge in [-0.3, -0.25) is 9.80 Å². The first-order valence-electron chi connectivity index (χ1n) is 8.45. The number of nitrogens with zero attached hydrogens (tertiary/aromatic N) is 3. The van der Waals surface area contributed by atoms with E-state index in [9.17, 15) is 0 Å². The predicted molar refractivity (Wildman–Crippen MR) is 88.6 cm³/mol. The number of aromatic nitrogens is 1. The van der Waals surface area contributed by atoms with Gasteiger partial charge < -0.3 is 5.32 Å². The molecule has 1 aromatic rings. The summed E-state index contributed by atoms with van der Waals surface area (Å²) in [5.74, 6) is 0. The van der Waals surface area contributed by atoms with E-state index >= 15 is 0 Å². The summed E-state index contributed by atoms with van der Waals surface area (Å²) in [6.45, 7) is 10.4. The zero-order valence-electron chi connectivity index (χ0n) is 13.2. The fraction of sp³-hybridized carbons (Fsp3) is 0.812. The van der Waals surface area contributed by atoms with E-state index in [1.807, 2.05) is 0 Å². The third kappa shape index (κ3) is 4.25. The lowest BCUT2D eigenvalue weighted by atomic mass is 10.2. The summed E-state index contributed by atoms with van der Waals surface area (Å²) in [4.78, 5) is 10.0. The quantitative estimate of drug-likeness (QED) is 0.783. The molecule has 0 radical (unpaired) electrons. The van der Waals surface area contributed by atoms with E-state index < -0.39 is 0 Å². The summed E-state index contributed by atoms with van der Waals surface area (Å²) >= 11 is 1.80. The van der Waals surface area contributed by atoms with Gasteiger partial charge in [0.25, 0.3) is 0 Å². The summed E-state index contributed by atoms with van der Waals surface area (Å²) < 4.78 is 0. The van der Waals surface area contributed by atoms with Crippen LogP contribution in [0.5, 0.6) is 0 Å². The molecule has 3 heterocycles. The zero-order chi connectivity index (χ0) is 14.5. The van der Waals surface area contributed by atoms with Gasteiger partial charge in [-0.15, -0.1) is 11.3 Å². The van der Waals surface area contributed by atoms with Crippen molar-refractivity contribution < 1.29 is 0 Å². The van der Waals surface area contributed by atoms with Gasteiger partial charge >= 0.3 is 0 Å². The summed E-state index contributed by atoms with van der Waals surface area (Å²) in [5.41, 5.74) is 1.26. The van der Waals surface area contributed by atoms with E-state index in [1.54, 1.807) is 11.3 Å². The van der Waals surface area contributed by atoms with Gasteiger partial charge in [-0.2, -0.15) is 0 Å². The van der Waals surface area contributed by atoms with Gasteiger partial charge in [0.2, 0.25) is 0 Å². The first-order valence-corrected chi connectivity index (χ1v) is 9.33. The standard InChI is InChI=1S/C16H28N4S/c1-2-6-17-10-16-18-14(13-21-16)11-19-9-5-15(12-19)20-7-3-4-8-20/h13,15,17H,2-12H2,1H3. The fourth-order valence-corrected chi connectivity index (χ4v) is 4.22. The van der Waals surface area contributed by atoms with Crippen molar-refractivity contribution in [1.29, 1.82) is 0 Å². The molecule has 2 aliphatic rings. The number of rotatable bonds is 7. The highest BCUT2D eigenvalue weighted by atomic mass is 32.1. The Balaban J connectivity index is 1.44. The van der Waals surface area contributed by atoms with Crippen LogP contribution < -0.4 is 5.32 Å². The normalized spacial score (nSPS) is 24.1. The second kappa shape index (κ2) is 7.68. The maximum atomic E-state index is 4.77. The van der Waals surface area contributed by atoms with Crippen LogP contribution in [0.15, 0.2) is 5.38 Å². The Hall–Kier alpha value is -0.490. The highest BCUT2D eigenvalue weighted by Crippen LogP contribution is 2.22. The van der Waals surface area contributed by atoms with Crippen molar-refractivity contribution in [3.63, 3.8) is 0 Å². The Labute approximate surface area is 132 Å². The van der Waals surface area contributed by atoms with Crippen LogP contribution in [0.4, 0.5) is 0 Å². The molecule has 0 saturated carbocycles. The SMILES string of the molecule is CCCNCc1nc(CN2CCC(N3CCCC3)C2)cs1. The summed E-state index contributed by atoms with van der Waals surface area (Å²) in [6.07, 6.45) is 5.33. The van der Waals surface area contributed by atoms with E-state index in [4.69, 9.17) is 4.98 Å². The van der Waals surface area contributed by atoms with Gasteiger partial charge in [-0.1, -0.05) is 6.92 Å². The van der Waals surface area contributed by atoms with Crippen LogP contribution in [0.3, 0.4) is 0 Å². The topological polar surface area (TPSA) is 31.4 Å². The number of hydrogen-bond donors (Lipinski definition) is 1. The Morgan fingerprint density at radius 1 is 1.33 bits per heavy atom. The van der Waals surface area contributed by atoms with Gasteiger partial charge in [-0.25, -0.2) is 4.98 Å². The van der Waals surface area contributed by atoms with Crippen molar-refractivity contribution in [2.24, 2.45) is 0 Å². The monoisotopic (exact) mass is 308 g/mol. The number of likely N-dealkylation sites (tertiary alicyclic amines) is 2. The van der Waals surface area contributed by atoms with E-state index in [-0.39, 0.29) is 0 Å². The largest absolute Gasteiger partial charge is 0.310 e. The highest BCUT2D eigenvalue weighted by Gasteiger charge is 2.29. The van der Waals surface area contributed by atoms with E-state index in [0.29, 0.717) is 0 Å². The molecule has 0 aliphatic carbocycles. The second-order valence-corrected chi connectivity index (χ2v) is 7.27. The third-order valence-electron chi connectivity index (χ3n) is 4.59. The molecule has 118 valence electrons. The molecule has 5 heteroatoms. The van der Waals surface area contributed by atoms with E-state index in [0.717, 1.165) is 25.7 Å². The molecule has 1 unspecified atom stereocenters. The molecule has 3 rings (SSSR count).